The van der Waals surface area contributed by atoms with Crippen LogP contribution in [0.5, 0.6) is 0 Å². The van der Waals surface area contributed by atoms with Gasteiger partial charge in [-0.05, 0) is 45.7 Å². The summed E-state index contributed by atoms with van der Waals surface area (Å²) in [7, 11) is 0. The van der Waals surface area contributed by atoms with Crippen LogP contribution in [0.2, 0.25) is 0 Å². The molecule has 1 aliphatic heterocycles. The molecule has 4 aromatic carbocycles. The van der Waals surface area contributed by atoms with Gasteiger partial charge in [-0.1, -0.05) is 72.8 Å². The van der Waals surface area contributed by atoms with Gasteiger partial charge in [-0.25, -0.2) is 4.98 Å². The molecule has 5 nitrogen and oxygen atoms in total. The summed E-state index contributed by atoms with van der Waals surface area (Å²) in [6.07, 6.45) is 3.58. The third-order valence-corrected chi connectivity index (χ3v) is 6.73. The summed E-state index contributed by atoms with van der Waals surface area (Å²) >= 11 is 0. The molecule has 0 unspecified atom stereocenters. The Labute approximate surface area is 216 Å². The summed E-state index contributed by atoms with van der Waals surface area (Å²) in [5, 5.41) is 2.06. The summed E-state index contributed by atoms with van der Waals surface area (Å²) in [5.74, 6) is 0.0406. The van der Waals surface area contributed by atoms with Gasteiger partial charge in [0.05, 0.1) is 6.33 Å². The number of imidazole rings is 1. The van der Waals surface area contributed by atoms with Gasteiger partial charge in [-0.15, -0.1) is 12.4 Å². The number of hydrogen-bond donors (Lipinski definition) is 1. The fourth-order valence-electron chi connectivity index (χ4n) is 4.98. The van der Waals surface area contributed by atoms with Gasteiger partial charge in [0.1, 0.15) is 0 Å². The first-order chi connectivity index (χ1) is 17.3. The SMILES string of the molecule is Cl.O=C(c1cccc2ccccc12)N1CCN(Cc2cnc[nH]2)Cc2cc(-c3ccccc3)ccc21. The van der Waals surface area contributed by atoms with Crippen molar-refractivity contribution in [1.29, 1.82) is 0 Å². The topological polar surface area (TPSA) is 52.2 Å². The van der Waals surface area contributed by atoms with Crippen LogP contribution in [-0.4, -0.2) is 33.9 Å². The van der Waals surface area contributed by atoms with Crippen LogP contribution in [0.25, 0.3) is 21.9 Å². The van der Waals surface area contributed by atoms with Crippen molar-refractivity contribution in [3.8, 4) is 11.1 Å². The highest BCUT2D eigenvalue weighted by Crippen LogP contribution is 2.32. The zero-order chi connectivity index (χ0) is 23.6. The second kappa shape index (κ2) is 10.4. The minimum Gasteiger partial charge on any atom is -0.347 e. The third kappa shape index (κ3) is 4.63. The lowest BCUT2D eigenvalue weighted by Gasteiger charge is -2.24. The second-order valence-electron chi connectivity index (χ2n) is 8.98. The molecule has 5 aromatic rings. The van der Waals surface area contributed by atoms with Crippen LogP contribution < -0.4 is 4.90 Å². The largest absolute Gasteiger partial charge is 0.347 e. The van der Waals surface area contributed by atoms with E-state index in [4.69, 9.17) is 0 Å². The maximum Gasteiger partial charge on any atom is 0.258 e. The van der Waals surface area contributed by atoms with Gasteiger partial charge in [-0.2, -0.15) is 0 Å². The van der Waals surface area contributed by atoms with E-state index in [1.54, 1.807) is 6.33 Å². The molecule has 0 atom stereocenters. The molecule has 180 valence electrons. The molecule has 1 aliphatic rings. The molecule has 0 radical (unpaired) electrons. The number of rotatable bonds is 4. The summed E-state index contributed by atoms with van der Waals surface area (Å²) < 4.78 is 0. The summed E-state index contributed by atoms with van der Waals surface area (Å²) in [4.78, 5) is 25.7. The van der Waals surface area contributed by atoms with Crippen LogP contribution in [0, 0.1) is 0 Å². The number of carbonyl (C=O) groups excluding carboxylic acids is 1. The van der Waals surface area contributed by atoms with E-state index in [0.29, 0.717) is 6.54 Å². The molecule has 0 aliphatic carbocycles. The van der Waals surface area contributed by atoms with Gasteiger partial charge in [0.25, 0.3) is 5.91 Å². The molecule has 6 heteroatoms. The molecule has 6 rings (SSSR count). The number of nitrogens with zero attached hydrogens (tertiary/aromatic N) is 3. The van der Waals surface area contributed by atoms with Crippen LogP contribution in [0.15, 0.2) is 104 Å². The smallest absolute Gasteiger partial charge is 0.258 e. The molecular formula is C30H27ClN4O. The van der Waals surface area contributed by atoms with E-state index in [0.717, 1.165) is 58.5 Å². The van der Waals surface area contributed by atoms with Gasteiger partial charge in [0.2, 0.25) is 0 Å². The summed E-state index contributed by atoms with van der Waals surface area (Å²) in [5.41, 5.74) is 6.27. The zero-order valence-corrected chi connectivity index (χ0v) is 20.6. The van der Waals surface area contributed by atoms with E-state index in [1.807, 2.05) is 47.5 Å². The Morgan fingerprint density at radius 3 is 2.50 bits per heavy atom. The molecule has 1 amide bonds. The number of nitrogens with one attached hydrogen (secondary N) is 1. The highest BCUT2D eigenvalue weighted by atomic mass is 35.5. The van der Waals surface area contributed by atoms with E-state index < -0.39 is 0 Å². The average Bonchev–Trinajstić information content (AvgIpc) is 3.35. The summed E-state index contributed by atoms with van der Waals surface area (Å²) in [6.45, 7) is 2.90. The number of carbonyl (C=O) groups is 1. The number of fused-ring (bicyclic) bond motifs is 2. The highest BCUT2D eigenvalue weighted by Gasteiger charge is 2.26. The van der Waals surface area contributed by atoms with E-state index in [1.165, 1.54) is 5.56 Å². The molecule has 2 heterocycles. The van der Waals surface area contributed by atoms with Gasteiger partial charge < -0.3 is 9.88 Å². The molecule has 36 heavy (non-hydrogen) atoms. The third-order valence-electron chi connectivity index (χ3n) is 6.73. The Bertz CT molecular complexity index is 1480. The Morgan fingerprint density at radius 1 is 0.861 bits per heavy atom. The van der Waals surface area contributed by atoms with Crippen molar-refractivity contribution >= 4 is 34.8 Å². The Hall–Kier alpha value is -3.93. The maximum atomic E-state index is 14.0. The number of amides is 1. The molecule has 0 fully saturated rings. The fourth-order valence-corrected chi connectivity index (χ4v) is 4.98. The molecule has 0 bridgehead atoms. The molecular weight excluding hydrogens is 468 g/mol. The number of anilines is 1. The van der Waals surface area contributed by atoms with Crippen molar-refractivity contribution in [3.63, 3.8) is 0 Å². The summed E-state index contributed by atoms with van der Waals surface area (Å²) in [6, 6.07) is 30.9. The standard InChI is InChI=1S/C30H26N4O.ClH/c35-30(28-12-6-10-23-9-4-5-11-27(23)28)34-16-15-33(20-26-18-31-21-32-26)19-25-17-24(13-14-29(25)34)22-7-2-1-3-8-22;/h1-14,17-18,21H,15-16,19-20H2,(H,31,32);1H. The maximum absolute atomic E-state index is 14.0. The molecule has 1 aromatic heterocycles. The Kier molecular flexibility index (Phi) is 6.85. The number of halogens is 1. The van der Waals surface area contributed by atoms with Crippen molar-refractivity contribution in [3.05, 3.63) is 120 Å². The molecule has 1 N–H and O–H groups in total. The zero-order valence-electron chi connectivity index (χ0n) is 19.8. The lowest BCUT2D eigenvalue weighted by atomic mass is 10.00. The number of benzene rings is 4. The van der Waals surface area contributed by atoms with Gasteiger partial charge in [0.15, 0.2) is 0 Å². The normalized spacial score (nSPS) is 13.6. The molecule has 0 saturated heterocycles. The molecule has 0 spiro atoms. The van der Waals surface area contributed by atoms with Crippen molar-refractivity contribution in [2.24, 2.45) is 0 Å². The van der Waals surface area contributed by atoms with Crippen molar-refractivity contribution in [2.75, 3.05) is 18.0 Å². The van der Waals surface area contributed by atoms with Crippen LogP contribution in [0.1, 0.15) is 21.6 Å². The minimum atomic E-state index is 0. The minimum absolute atomic E-state index is 0. The monoisotopic (exact) mass is 494 g/mol. The first-order valence-corrected chi connectivity index (χ1v) is 11.9. The number of H-pyrrole nitrogens is 1. The van der Waals surface area contributed by atoms with Gasteiger partial charge in [-0.3, -0.25) is 9.69 Å². The highest BCUT2D eigenvalue weighted by molar-refractivity contribution is 6.14. The first-order valence-electron chi connectivity index (χ1n) is 11.9. The van der Waals surface area contributed by atoms with Crippen LogP contribution in [0.4, 0.5) is 5.69 Å². The van der Waals surface area contributed by atoms with E-state index in [-0.39, 0.29) is 18.3 Å². The van der Waals surface area contributed by atoms with Crippen molar-refractivity contribution in [2.45, 2.75) is 13.1 Å². The van der Waals surface area contributed by atoms with Crippen LogP contribution in [0.3, 0.4) is 0 Å². The lowest BCUT2D eigenvalue weighted by Crippen LogP contribution is -2.36. The number of aromatic nitrogens is 2. The second-order valence-corrected chi connectivity index (χ2v) is 8.98. The van der Waals surface area contributed by atoms with Gasteiger partial charge in [0, 0.05) is 49.3 Å². The lowest BCUT2D eigenvalue weighted by molar-refractivity contribution is 0.0986. The van der Waals surface area contributed by atoms with E-state index in [9.17, 15) is 4.79 Å². The quantitative estimate of drug-likeness (QED) is 0.318. The number of hydrogen-bond acceptors (Lipinski definition) is 3. The van der Waals surface area contributed by atoms with Gasteiger partial charge >= 0.3 is 0 Å². The van der Waals surface area contributed by atoms with E-state index >= 15 is 0 Å². The fraction of sp³-hybridized carbons (Fsp3) is 0.133. The van der Waals surface area contributed by atoms with Crippen LogP contribution >= 0.6 is 12.4 Å². The van der Waals surface area contributed by atoms with Crippen molar-refractivity contribution in [1.82, 2.24) is 14.9 Å². The Balaban J connectivity index is 0.00000267. The average molecular weight is 495 g/mol. The first kappa shape index (κ1) is 23.8. The van der Waals surface area contributed by atoms with Crippen molar-refractivity contribution < 1.29 is 4.79 Å². The van der Waals surface area contributed by atoms with Crippen LogP contribution in [-0.2, 0) is 13.1 Å². The predicted molar refractivity (Wildman–Crippen MR) is 147 cm³/mol. The number of aromatic amines is 1. The predicted octanol–water partition coefficient (Wildman–Crippen LogP) is 6.31. The Morgan fingerprint density at radius 2 is 1.67 bits per heavy atom. The van der Waals surface area contributed by atoms with E-state index in [2.05, 4.69) is 69.5 Å². The molecule has 0 saturated carbocycles.